The Morgan fingerprint density at radius 1 is 0.737 bits per heavy atom. The number of hydrazone groups is 2. The summed E-state index contributed by atoms with van der Waals surface area (Å²) in [6, 6.07) is 16.4. The standard InChI is InChI=1S/C28H34N8O2/c1-19(37)17-35-13-11-29-27(35)33-31-15-25-21-7-3-5-9-23(21)26(24-10-6-4-8-22(24)25)16-32-34-28-30-12-14-36(28)18-20(2)38/h3-10,15-16,19-20,37-38H,11-14,17-18H2,1-2H3,(H,29,33)(H,30,34)/b31-15+,32-16+. The summed E-state index contributed by atoms with van der Waals surface area (Å²) in [7, 11) is 0. The molecule has 0 bridgehead atoms. The highest BCUT2D eigenvalue weighted by Gasteiger charge is 2.19. The highest BCUT2D eigenvalue weighted by molar-refractivity contribution is 6.21. The molecule has 4 N–H and O–H groups in total. The van der Waals surface area contributed by atoms with Crippen LogP contribution in [0.3, 0.4) is 0 Å². The van der Waals surface area contributed by atoms with Gasteiger partial charge in [0.1, 0.15) is 0 Å². The molecule has 3 aromatic rings. The number of benzene rings is 3. The van der Waals surface area contributed by atoms with E-state index in [0.717, 1.165) is 45.8 Å². The summed E-state index contributed by atoms with van der Waals surface area (Å²) < 4.78 is 0. The average Bonchev–Trinajstić information content (AvgIpc) is 3.53. The molecule has 0 saturated carbocycles. The van der Waals surface area contributed by atoms with Crippen molar-refractivity contribution in [2.75, 3.05) is 39.3 Å². The number of hydrogen-bond donors (Lipinski definition) is 4. The predicted molar refractivity (Wildman–Crippen MR) is 154 cm³/mol. The molecule has 2 unspecified atom stereocenters. The second-order valence-corrected chi connectivity index (χ2v) is 9.66. The number of β-amino-alcohol motifs (C(OH)–C–C–N with tert-alkyl or cyclic N) is 2. The Balaban J connectivity index is 1.45. The first kappa shape index (κ1) is 25.6. The maximum absolute atomic E-state index is 9.77. The van der Waals surface area contributed by atoms with Gasteiger partial charge in [0.2, 0.25) is 11.9 Å². The zero-order valence-electron chi connectivity index (χ0n) is 21.7. The molecule has 0 spiro atoms. The summed E-state index contributed by atoms with van der Waals surface area (Å²) in [5, 5.41) is 32.8. The molecule has 10 heteroatoms. The molecule has 3 aromatic carbocycles. The van der Waals surface area contributed by atoms with Gasteiger partial charge in [0.25, 0.3) is 0 Å². The van der Waals surface area contributed by atoms with Crippen molar-refractivity contribution in [3.8, 4) is 0 Å². The number of aliphatic hydroxyl groups is 2. The third kappa shape index (κ3) is 5.61. The molecule has 2 aliphatic heterocycles. The Bertz CT molecular complexity index is 1250. The predicted octanol–water partition coefficient (Wildman–Crippen LogP) is 1.94. The number of aliphatic hydroxyl groups excluding tert-OH is 2. The molecule has 198 valence electrons. The Morgan fingerprint density at radius 2 is 1.11 bits per heavy atom. The van der Waals surface area contributed by atoms with Gasteiger partial charge in [-0.2, -0.15) is 10.2 Å². The fourth-order valence-electron chi connectivity index (χ4n) is 4.95. The molecular formula is C28H34N8O2. The number of guanidine groups is 2. The quantitative estimate of drug-likeness (QED) is 0.207. The molecule has 2 heterocycles. The summed E-state index contributed by atoms with van der Waals surface area (Å²) in [6.45, 7) is 7.45. The van der Waals surface area contributed by atoms with E-state index in [1.165, 1.54) is 0 Å². The molecular weight excluding hydrogens is 480 g/mol. The smallest absolute Gasteiger partial charge is 0.215 e. The molecule has 5 rings (SSSR count). The summed E-state index contributed by atoms with van der Waals surface area (Å²) >= 11 is 0. The fraction of sp³-hybridized carbons (Fsp3) is 0.357. The van der Waals surface area contributed by atoms with Crippen LogP contribution in [0.1, 0.15) is 25.0 Å². The molecule has 0 aliphatic carbocycles. The van der Waals surface area contributed by atoms with E-state index >= 15 is 0 Å². The van der Waals surface area contributed by atoms with E-state index in [-0.39, 0.29) is 0 Å². The van der Waals surface area contributed by atoms with Gasteiger partial charge >= 0.3 is 0 Å². The van der Waals surface area contributed by atoms with E-state index in [2.05, 4.69) is 55.3 Å². The van der Waals surface area contributed by atoms with Crippen molar-refractivity contribution in [1.29, 1.82) is 0 Å². The van der Waals surface area contributed by atoms with Crippen LogP contribution < -0.4 is 10.9 Å². The Hall–Kier alpha value is -4.02. The van der Waals surface area contributed by atoms with Crippen LogP contribution in [0.5, 0.6) is 0 Å². The van der Waals surface area contributed by atoms with Crippen LogP contribution in [0, 0.1) is 0 Å². The minimum absolute atomic E-state index is 0.442. The van der Waals surface area contributed by atoms with Crippen molar-refractivity contribution in [1.82, 2.24) is 20.7 Å². The fourth-order valence-corrected chi connectivity index (χ4v) is 4.95. The summed E-state index contributed by atoms with van der Waals surface area (Å²) in [5.41, 5.74) is 8.15. The van der Waals surface area contributed by atoms with Crippen molar-refractivity contribution >= 4 is 45.9 Å². The first-order valence-corrected chi connectivity index (χ1v) is 13.0. The number of nitrogens with one attached hydrogen (secondary N) is 2. The highest BCUT2D eigenvalue weighted by atomic mass is 16.3. The summed E-state index contributed by atoms with van der Waals surface area (Å²) in [5.74, 6) is 1.34. The number of hydrogen-bond acceptors (Lipinski definition) is 10. The Labute approximate surface area is 222 Å². The van der Waals surface area contributed by atoms with Crippen LogP contribution in [0.15, 0.2) is 68.7 Å². The number of rotatable bonds is 8. The number of aliphatic imine (C=N–C) groups is 2. The normalized spacial score (nSPS) is 17.6. The van der Waals surface area contributed by atoms with Gasteiger partial charge in [-0.15, -0.1) is 0 Å². The van der Waals surface area contributed by atoms with E-state index in [0.29, 0.717) is 38.1 Å². The van der Waals surface area contributed by atoms with Gasteiger partial charge in [0, 0.05) is 37.3 Å². The van der Waals surface area contributed by atoms with Crippen LogP contribution in [0.25, 0.3) is 21.5 Å². The van der Waals surface area contributed by atoms with Crippen molar-refractivity contribution < 1.29 is 10.2 Å². The minimum Gasteiger partial charge on any atom is -0.392 e. The average molecular weight is 515 g/mol. The van der Waals surface area contributed by atoms with E-state index in [9.17, 15) is 10.2 Å². The lowest BCUT2D eigenvalue weighted by atomic mass is 9.92. The van der Waals surface area contributed by atoms with Gasteiger partial charge in [-0.25, -0.2) is 20.8 Å². The highest BCUT2D eigenvalue weighted by Crippen LogP contribution is 2.31. The van der Waals surface area contributed by atoms with Crippen LogP contribution in [0.2, 0.25) is 0 Å². The molecule has 2 atom stereocenters. The third-order valence-corrected chi connectivity index (χ3v) is 6.56. The molecule has 38 heavy (non-hydrogen) atoms. The van der Waals surface area contributed by atoms with Crippen LogP contribution >= 0.6 is 0 Å². The van der Waals surface area contributed by atoms with Gasteiger partial charge in [-0.05, 0) is 35.4 Å². The Morgan fingerprint density at radius 3 is 1.45 bits per heavy atom. The molecule has 2 aliphatic rings. The maximum atomic E-state index is 9.77. The van der Waals surface area contributed by atoms with E-state index < -0.39 is 12.2 Å². The molecule has 0 aromatic heterocycles. The van der Waals surface area contributed by atoms with Crippen LogP contribution in [0.4, 0.5) is 0 Å². The van der Waals surface area contributed by atoms with Crippen LogP contribution in [-0.2, 0) is 0 Å². The van der Waals surface area contributed by atoms with E-state index in [1.54, 1.807) is 13.8 Å². The molecule has 10 nitrogen and oxygen atoms in total. The first-order chi connectivity index (χ1) is 18.5. The van der Waals surface area contributed by atoms with Gasteiger partial charge in [-0.1, -0.05) is 48.5 Å². The lowest BCUT2D eigenvalue weighted by Gasteiger charge is -2.21. The summed E-state index contributed by atoms with van der Waals surface area (Å²) in [4.78, 5) is 13.0. The number of nitrogens with zero attached hydrogens (tertiary/aromatic N) is 6. The van der Waals surface area contributed by atoms with Crippen molar-refractivity contribution in [2.45, 2.75) is 26.1 Å². The molecule has 0 saturated heterocycles. The van der Waals surface area contributed by atoms with E-state index in [1.807, 2.05) is 46.5 Å². The van der Waals surface area contributed by atoms with Crippen molar-refractivity contribution in [3.05, 3.63) is 59.7 Å². The SMILES string of the molecule is CC(O)CN1CCN=C1N/N=C/c1c2ccccc2c(/C=N/NC2=NCCN2CC(C)O)c2ccccc12. The third-order valence-electron chi connectivity index (χ3n) is 6.56. The Kier molecular flexibility index (Phi) is 7.81. The molecule has 0 fully saturated rings. The van der Waals surface area contributed by atoms with Gasteiger partial charge in [0.15, 0.2) is 0 Å². The molecule has 0 radical (unpaired) electrons. The first-order valence-electron chi connectivity index (χ1n) is 13.0. The van der Waals surface area contributed by atoms with Crippen molar-refractivity contribution in [2.24, 2.45) is 20.2 Å². The summed E-state index contributed by atoms with van der Waals surface area (Å²) in [6.07, 6.45) is 2.80. The van der Waals surface area contributed by atoms with Gasteiger partial charge < -0.3 is 20.0 Å². The lowest BCUT2D eigenvalue weighted by molar-refractivity contribution is 0.162. The van der Waals surface area contributed by atoms with E-state index in [4.69, 9.17) is 0 Å². The topological polar surface area (TPSA) is 120 Å². The zero-order chi connectivity index (χ0) is 26.5. The maximum Gasteiger partial charge on any atom is 0.215 e. The lowest BCUT2D eigenvalue weighted by Crippen LogP contribution is -2.40. The largest absolute Gasteiger partial charge is 0.392 e. The second kappa shape index (κ2) is 11.6. The van der Waals surface area contributed by atoms with Crippen molar-refractivity contribution in [3.63, 3.8) is 0 Å². The minimum atomic E-state index is -0.442. The van der Waals surface area contributed by atoms with Gasteiger partial charge in [-0.3, -0.25) is 0 Å². The second-order valence-electron chi connectivity index (χ2n) is 9.66. The van der Waals surface area contributed by atoms with Crippen LogP contribution in [-0.4, -0.2) is 95.8 Å². The monoisotopic (exact) mass is 514 g/mol. The van der Waals surface area contributed by atoms with Gasteiger partial charge in [0.05, 0.1) is 37.7 Å². The molecule has 0 amide bonds. The zero-order valence-corrected chi connectivity index (χ0v) is 21.7. The number of fused-ring (bicyclic) bond motifs is 2.